The molecule has 1 aromatic carbocycles. The Balaban J connectivity index is 1.64. The van der Waals surface area contributed by atoms with Crippen molar-refractivity contribution in [3.8, 4) is 6.07 Å². The monoisotopic (exact) mass is 286 g/mol. The summed E-state index contributed by atoms with van der Waals surface area (Å²) in [7, 11) is 0. The number of benzene rings is 1. The Bertz CT molecular complexity index is 455. The van der Waals surface area contributed by atoms with Crippen molar-refractivity contribution in [3.63, 3.8) is 0 Å². The van der Waals surface area contributed by atoms with Gasteiger partial charge in [0.05, 0.1) is 17.7 Å². The molecular formula is C18H26N2O. The quantitative estimate of drug-likeness (QED) is 0.788. The van der Waals surface area contributed by atoms with Crippen molar-refractivity contribution in [1.29, 1.82) is 5.26 Å². The molecule has 2 rings (SSSR count). The van der Waals surface area contributed by atoms with E-state index in [2.05, 4.69) is 18.3 Å². The van der Waals surface area contributed by atoms with E-state index in [0.717, 1.165) is 23.9 Å². The molecule has 1 saturated carbocycles. The van der Waals surface area contributed by atoms with Crippen LogP contribution in [0, 0.1) is 23.2 Å². The summed E-state index contributed by atoms with van der Waals surface area (Å²) in [5.74, 6) is 1.77. The van der Waals surface area contributed by atoms with Gasteiger partial charge < -0.3 is 10.4 Å². The highest BCUT2D eigenvalue weighted by Gasteiger charge is 2.17. The number of nitrogens with one attached hydrogen (secondary N) is 1. The smallest absolute Gasteiger partial charge is 0.0991 e. The number of hydrogen-bond acceptors (Lipinski definition) is 3. The molecule has 3 heteroatoms. The lowest BCUT2D eigenvalue weighted by molar-refractivity contribution is 0.173. The molecule has 2 N–H and O–H groups in total. The molecule has 1 atom stereocenters. The van der Waals surface area contributed by atoms with Crippen molar-refractivity contribution >= 4 is 0 Å². The van der Waals surface area contributed by atoms with Crippen LogP contribution in [-0.4, -0.2) is 18.2 Å². The van der Waals surface area contributed by atoms with Crippen LogP contribution in [0.3, 0.4) is 0 Å². The van der Waals surface area contributed by atoms with Crippen molar-refractivity contribution in [2.24, 2.45) is 11.8 Å². The second-order valence-electron chi connectivity index (χ2n) is 6.37. The number of aliphatic hydroxyl groups is 1. The summed E-state index contributed by atoms with van der Waals surface area (Å²) < 4.78 is 0. The van der Waals surface area contributed by atoms with E-state index in [9.17, 15) is 5.11 Å². The summed E-state index contributed by atoms with van der Waals surface area (Å²) in [6.07, 6.45) is 6.19. The molecule has 1 aliphatic carbocycles. The zero-order valence-electron chi connectivity index (χ0n) is 12.9. The van der Waals surface area contributed by atoms with Crippen molar-refractivity contribution < 1.29 is 5.11 Å². The average Bonchev–Trinajstić information content (AvgIpc) is 2.53. The summed E-state index contributed by atoms with van der Waals surface area (Å²) in [6, 6.07) is 9.24. The first-order valence-electron chi connectivity index (χ1n) is 8.08. The maximum Gasteiger partial charge on any atom is 0.0991 e. The lowest BCUT2D eigenvalue weighted by Gasteiger charge is -2.26. The summed E-state index contributed by atoms with van der Waals surface area (Å²) in [5.41, 5.74) is 1.50. The Labute approximate surface area is 128 Å². The van der Waals surface area contributed by atoms with Gasteiger partial charge in [-0.1, -0.05) is 44.7 Å². The first kappa shape index (κ1) is 16.0. The third-order valence-corrected chi connectivity index (χ3v) is 4.63. The van der Waals surface area contributed by atoms with Crippen LogP contribution in [0.4, 0.5) is 0 Å². The Morgan fingerprint density at radius 2 is 1.90 bits per heavy atom. The summed E-state index contributed by atoms with van der Waals surface area (Å²) >= 11 is 0. The minimum Gasteiger partial charge on any atom is -0.387 e. The fourth-order valence-electron chi connectivity index (χ4n) is 3.06. The molecule has 0 bridgehead atoms. The van der Waals surface area contributed by atoms with E-state index in [1.54, 1.807) is 12.1 Å². The van der Waals surface area contributed by atoms with Gasteiger partial charge in [-0.3, -0.25) is 0 Å². The van der Waals surface area contributed by atoms with Gasteiger partial charge in [0.2, 0.25) is 0 Å². The first-order valence-corrected chi connectivity index (χ1v) is 8.08. The maximum absolute atomic E-state index is 10.1. The molecule has 0 aliphatic heterocycles. The van der Waals surface area contributed by atoms with Gasteiger partial charge in [0.1, 0.15) is 0 Å². The lowest BCUT2D eigenvalue weighted by atomic mass is 9.81. The Hall–Kier alpha value is -1.37. The number of rotatable bonds is 6. The van der Waals surface area contributed by atoms with Crippen LogP contribution >= 0.6 is 0 Å². The van der Waals surface area contributed by atoms with E-state index in [0.29, 0.717) is 12.1 Å². The molecule has 3 nitrogen and oxygen atoms in total. The van der Waals surface area contributed by atoms with Crippen LogP contribution in [-0.2, 0) is 0 Å². The van der Waals surface area contributed by atoms with Crippen molar-refractivity contribution in [2.45, 2.75) is 45.1 Å². The normalized spacial score (nSPS) is 23.5. The number of nitrogens with zero attached hydrogens (tertiary/aromatic N) is 1. The predicted octanol–water partition coefficient (Wildman–Crippen LogP) is 3.40. The fraction of sp³-hybridized carbons (Fsp3) is 0.611. The molecule has 0 spiro atoms. The summed E-state index contributed by atoms with van der Waals surface area (Å²) in [4.78, 5) is 0. The van der Waals surface area contributed by atoms with E-state index < -0.39 is 6.10 Å². The Morgan fingerprint density at radius 3 is 2.52 bits per heavy atom. The van der Waals surface area contributed by atoms with Crippen molar-refractivity contribution in [2.75, 3.05) is 13.1 Å². The van der Waals surface area contributed by atoms with Gasteiger partial charge in [-0.05, 0) is 42.5 Å². The van der Waals surface area contributed by atoms with Crippen LogP contribution < -0.4 is 5.32 Å². The van der Waals surface area contributed by atoms with Crippen molar-refractivity contribution in [3.05, 3.63) is 35.4 Å². The zero-order chi connectivity index (χ0) is 15.1. The number of hydrogen-bond donors (Lipinski definition) is 2. The van der Waals surface area contributed by atoms with Gasteiger partial charge in [0.25, 0.3) is 0 Å². The van der Waals surface area contributed by atoms with Crippen LogP contribution in [0.15, 0.2) is 24.3 Å². The molecule has 1 unspecified atom stereocenters. The minimum absolute atomic E-state index is 0.496. The summed E-state index contributed by atoms with van der Waals surface area (Å²) in [5, 5.41) is 22.2. The zero-order valence-corrected chi connectivity index (χ0v) is 12.9. The standard InChI is InChI=1S/C18H26N2O/c1-14-2-4-15(5-3-14)10-11-20-13-18(21)17-8-6-16(12-19)7-9-17/h6-9,14-15,18,20-21H,2-5,10-11,13H2,1H3. The largest absolute Gasteiger partial charge is 0.387 e. The molecule has 0 saturated heterocycles. The highest BCUT2D eigenvalue weighted by Crippen LogP contribution is 2.29. The molecule has 1 aromatic rings. The topological polar surface area (TPSA) is 56.0 Å². The number of nitriles is 1. The summed E-state index contributed by atoms with van der Waals surface area (Å²) in [6.45, 7) is 3.91. The second kappa shape index (κ2) is 8.17. The third-order valence-electron chi connectivity index (χ3n) is 4.63. The van der Waals surface area contributed by atoms with Crippen LogP contribution in [0.5, 0.6) is 0 Å². The van der Waals surface area contributed by atoms with Crippen LogP contribution in [0.2, 0.25) is 0 Å². The maximum atomic E-state index is 10.1. The van der Waals surface area contributed by atoms with E-state index >= 15 is 0 Å². The number of aliphatic hydroxyl groups excluding tert-OH is 1. The fourth-order valence-corrected chi connectivity index (χ4v) is 3.06. The minimum atomic E-state index is -0.496. The molecule has 0 heterocycles. The highest BCUT2D eigenvalue weighted by atomic mass is 16.3. The third kappa shape index (κ3) is 5.15. The van der Waals surface area contributed by atoms with Gasteiger partial charge in [-0.15, -0.1) is 0 Å². The molecule has 114 valence electrons. The lowest BCUT2D eigenvalue weighted by Crippen LogP contribution is -2.25. The Morgan fingerprint density at radius 1 is 1.24 bits per heavy atom. The Kier molecular flexibility index (Phi) is 6.22. The molecule has 1 fully saturated rings. The molecule has 21 heavy (non-hydrogen) atoms. The van der Waals surface area contributed by atoms with Gasteiger partial charge >= 0.3 is 0 Å². The molecule has 0 amide bonds. The van der Waals surface area contributed by atoms with Gasteiger partial charge in [-0.25, -0.2) is 0 Å². The molecule has 0 radical (unpaired) electrons. The van der Waals surface area contributed by atoms with Gasteiger partial charge in [-0.2, -0.15) is 5.26 Å². The first-order chi connectivity index (χ1) is 10.2. The van der Waals surface area contributed by atoms with Gasteiger partial charge in [0.15, 0.2) is 0 Å². The predicted molar refractivity (Wildman–Crippen MR) is 84.7 cm³/mol. The van der Waals surface area contributed by atoms with E-state index in [1.807, 2.05) is 12.1 Å². The van der Waals surface area contributed by atoms with Crippen molar-refractivity contribution in [1.82, 2.24) is 5.32 Å². The van der Waals surface area contributed by atoms with Gasteiger partial charge in [0, 0.05) is 6.54 Å². The average molecular weight is 286 g/mol. The molecular weight excluding hydrogens is 260 g/mol. The molecule has 1 aliphatic rings. The second-order valence-corrected chi connectivity index (χ2v) is 6.37. The van der Waals surface area contributed by atoms with Crippen LogP contribution in [0.1, 0.15) is 56.3 Å². The van der Waals surface area contributed by atoms with E-state index in [4.69, 9.17) is 5.26 Å². The molecule has 0 aromatic heterocycles. The van der Waals surface area contributed by atoms with E-state index in [-0.39, 0.29) is 0 Å². The van der Waals surface area contributed by atoms with Crippen LogP contribution in [0.25, 0.3) is 0 Å². The van der Waals surface area contributed by atoms with E-state index in [1.165, 1.54) is 32.1 Å². The highest BCUT2D eigenvalue weighted by molar-refractivity contribution is 5.32. The SMILES string of the molecule is CC1CCC(CCNCC(O)c2ccc(C#N)cc2)CC1.